The van der Waals surface area contributed by atoms with Crippen molar-refractivity contribution < 1.29 is 32.6 Å². The first-order valence-electron chi connectivity index (χ1n) is 5.77. The molecule has 1 saturated heterocycles. The minimum atomic E-state index is -5.08. The molecule has 116 valence electrons. The third-order valence-corrected chi connectivity index (χ3v) is 2.43. The van der Waals surface area contributed by atoms with E-state index in [1.165, 1.54) is 0 Å². The Morgan fingerprint density at radius 3 is 2.00 bits per heavy atom. The summed E-state index contributed by atoms with van der Waals surface area (Å²) in [5, 5.41) is 10.2. The highest BCUT2D eigenvalue weighted by atomic mass is 19.4. The summed E-state index contributed by atoms with van der Waals surface area (Å²) in [5.74, 6) is -2.39. The number of nitrogens with one attached hydrogen (secondary N) is 1. The van der Waals surface area contributed by atoms with Gasteiger partial charge in [0.25, 0.3) is 0 Å². The van der Waals surface area contributed by atoms with Crippen molar-refractivity contribution in [1.29, 1.82) is 0 Å². The number of aliphatic carboxylic acids is 1. The van der Waals surface area contributed by atoms with Crippen molar-refractivity contribution in [3.8, 4) is 5.75 Å². The van der Waals surface area contributed by atoms with Crippen molar-refractivity contribution in [2.75, 3.05) is 13.1 Å². The fourth-order valence-corrected chi connectivity index (χ4v) is 1.24. The molecule has 0 atom stereocenters. The molecule has 9 heteroatoms. The van der Waals surface area contributed by atoms with Gasteiger partial charge < -0.3 is 20.9 Å². The van der Waals surface area contributed by atoms with Crippen molar-refractivity contribution in [2.24, 2.45) is 5.73 Å². The van der Waals surface area contributed by atoms with E-state index >= 15 is 0 Å². The van der Waals surface area contributed by atoms with Gasteiger partial charge in [0, 0.05) is 18.7 Å². The van der Waals surface area contributed by atoms with Gasteiger partial charge in [-0.15, -0.1) is 0 Å². The molecule has 1 aromatic rings. The van der Waals surface area contributed by atoms with Gasteiger partial charge in [0.05, 0.1) is 0 Å². The van der Waals surface area contributed by atoms with E-state index in [9.17, 15) is 18.0 Å². The predicted octanol–water partition coefficient (Wildman–Crippen LogP) is 0.769. The Bertz CT molecular complexity index is 498. The number of carboxylic acids is 1. The Morgan fingerprint density at radius 2 is 1.71 bits per heavy atom. The average Bonchev–Trinajstić information content (AvgIpc) is 2.34. The standard InChI is InChI=1S/C10H12N2O2.C2HF3O2/c11-10(13)7-1-3-8(4-2-7)14-9-5-12-6-9;3-2(4,5)1(6)7/h1-4,9,12H,5-6H2,(H2,11,13);(H,6,7). The first-order valence-corrected chi connectivity index (χ1v) is 5.77. The van der Waals surface area contributed by atoms with Crippen LogP contribution in [0.1, 0.15) is 10.4 Å². The van der Waals surface area contributed by atoms with Crippen LogP contribution in [0.15, 0.2) is 24.3 Å². The van der Waals surface area contributed by atoms with Crippen molar-refractivity contribution in [3.63, 3.8) is 0 Å². The molecular formula is C12H13F3N2O4. The Morgan fingerprint density at radius 1 is 1.24 bits per heavy atom. The molecule has 1 fully saturated rings. The van der Waals surface area contributed by atoms with Crippen LogP contribution in [0.25, 0.3) is 0 Å². The number of hydrogen-bond donors (Lipinski definition) is 3. The van der Waals surface area contributed by atoms with Crippen molar-refractivity contribution in [2.45, 2.75) is 12.3 Å². The van der Waals surface area contributed by atoms with Crippen molar-refractivity contribution >= 4 is 11.9 Å². The molecule has 0 spiro atoms. The van der Waals surface area contributed by atoms with Crippen LogP contribution in [-0.4, -0.2) is 42.4 Å². The van der Waals surface area contributed by atoms with Gasteiger partial charge in [-0.25, -0.2) is 4.79 Å². The molecule has 0 unspecified atom stereocenters. The molecule has 0 aliphatic carbocycles. The van der Waals surface area contributed by atoms with Crippen LogP contribution >= 0.6 is 0 Å². The molecule has 21 heavy (non-hydrogen) atoms. The normalized spacial score (nSPS) is 14.4. The highest BCUT2D eigenvalue weighted by Gasteiger charge is 2.38. The number of alkyl halides is 3. The molecule has 0 saturated carbocycles. The molecule has 0 bridgehead atoms. The van der Waals surface area contributed by atoms with Crippen LogP contribution in [0.4, 0.5) is 13.2 Å². The minimum absolute atomic E-state index is 0.259. The molecule has 2 rings (SSSR count). The molecule has 1 amide bonds. The summed E-state index contributed by atoms with van der Waals surface area (Å²) in [4.78, 5) is 19.7. The maximum atomic E-state index is 10.8. The van der Waals surface area contributed by atoms with E-state index in [1.54, 1.807) is 24.3 Å². The van der Waals surface area contributed by atoms with E-state index in [1.807, 2.05) is 0 Å². The maximum Gasteiger partial charge on any atom is 0.490 e. The second-order valence-corrected chi connectivity index (χ2v) is 4.09. The van der Waals surface area contributed by atoms with Crippen LogP contribution in [0, 0.1) is 0 Å². The number of carboxylic acid groups (broad SMARTS) is 1. The Kier molecular flexibility index (Phi) is 5.53. The number of amides is 1. The molecule has 1 heterocycles. The Hall–Kier alpha value is -2.29. The second-order valence-electron chi connectivity index (χ2n) is 4.09. The van der Waals surface area contributed by atoms with E-state index < -0.39 is 18.1 Å². The largest absolute Gasteiger partial charge is 0.490 e. The summed E-state index contributed by atoms with van der Waals surface area (Å²) in [5.41, 5.74) is 5.62. The fourth-order valence-electron chi connectivity index (χ4n) is 1.24. The summed E-state index contributed by atoms with van der Waals surface area (Å²) in [6.07, 6.45) is -4.82. The first-order chi connectivity index (χ1) is 9.70. The minimum Gasteiger partial charge on any atom is -0.488 e. The zero-order valence-electron chi connectivity index (χ0n) is 10.7. The Labute approximate surface area is 117 Å². The van der Waals surface area contributed by atoms with Gasteiger partial charge in [0.2, 0.25) is 5.91 Å². The summed E-state index contributed by atoms with van der Waals surface area (Å²) >= 11 is 0. The number of benzene rings is 1. The predicted molar refractivity (Wildman–Crippen MR) is 65.9 cm³/mol. The molecule has 1 aliphatic heterocycles. The van der Waals surface area contributed by atoms with E-state index in [2.05, 4.69) is 5.32 Å². The number of nitrogens with two attached hydrogens (primary N) is 1. The molecule has 1 aliphatic rings. The number of halogens is 3. The number of hydrogen-bond acceptors (Lipinski definition) is 4. The third-order valence-electron chi connectivity index (χ3n) is 2.43. The van der Waals surface area contributed by atoms with Gasteiger partial charge in [0.15, 0.2) is 0 Å². The number of carbonyl (C=O) groups is 2. The van der Waals surface area contributed by atoms with Crippen LogP contribution in [0.3, 0.4) is 0 Å². The highest BCUT2D eigenvalue weighted by Crippen LogP contribution is 2.15. The molecular weight excluding hydrogens is 293 g/mol. The van der Waals surface area contributed by atoms with Crippen LogP contribution in [-0.2, 0) is 4.79 Å². The average molecular weight is 306 g/mol. The summed E-state index contributed by atoms with van der Waals surface area (Å²) < 4.78 is 37.3. The van der Waals surface area contributed by atoms with Gasteiger partial charge in [-0.3, -0.25) is 4.79 Å². The molecule has 0 aromatic heterocycles. The van der Waals surface area contributed by atoms with E-state index in [-0.39, 0.29) is 6.10 Å². The summed E-state index contributed by atoms with van der Waals surface area (Å²) in [7, 11) is 0. The fraction of sp³-hybridized carbons (Fsp3) is 0.333. The monoisotopic (exact) mass is 306 g/mol. The van der Waals surface area contributed by atoms with E-state index in [4.69, 9.17) is 20.4 Å². The number of rotatable bonds is 3. The van der Waals surface area contributed by atoms with Gasteiger partial charge in [-0.2, -0.15) is 13.2 Å². The van der Waals surface area contributed by atoms with Gasteiger partial charge in [-0.1, -0.05) is 0 Å². The lowest BCUT2D eigenvalue weighted by molar-refractivity contribution is -0.192. The van der Waals surface area contributed by atoms with E-state index in [0.717, 1.165) is 18.8 Å². The van der Waals surface area contributed by atoms with Crippen molar-refractivity contribution in [3.05, 3.63) is 29.8 Å². The summed E-state index contributed by atoms with van der Waals surface area (Å²) in [6.45, 7) is 1.77. The molecule has 4 N–H and O–H groups in total. The van der Waals surface area contributed by atoms with Gasteiger partial charge >= 0.3 is 12.1 Å². The quantitative estimate of drug-likeness (QED) is 0.765. The second kappa shape index (κ2) is 6.93. The van der Waals surface area contributed by atoms with Gasteiger partial charge in [-0.05, 0) is 24.3 Å². The van der Waals surface area contributed by atoms with E-state index in [0.29, 0.717) is 5.56 Å². The number of carbonyl (C=O) groups excluding carboxylic acids is 1. The number of primary amides is 1. The van der Waals surface area contributed by atoms with Crippen LogP contribution < -0.4 is 15.8 Å². The number of ether oxygens (including phenoxy) is 1. The zero-order valence-corrected chi connectivity index (χ0v) is 10.7. The van der Waals surface area contributed by atoms with Crippen LogP contribution in [0.5, 0.6) is 5.75 Å². The van der Waals surface area contributed by atoms with Crippen molar-refractivity contribution in [1.82, 2.24) is 5.32 Å². The smallest absolute Gasteiger partial charge is 0.488 e. The SMILES string of the molecule is NC(=O)c1ccc(OC2CNC2)cc1.O=C(O)C(F)(F)F. The zero-order chi connectivity index (χ0) is 16.0. The third kappa shape index (κ3) is 5.69. The maximum absolute atomic E-state index is 10.8. The highest BCUT2D eigenvalue weighted by molar-refractivity contribution is 5.92. The topological polar surface area (TPSA) is 102 Å². The molecule has 1 aromatic carbocycles. The molecule has 6 nitrogen and oxygen atoms in total. The lowest BCUT2D eigenvalue weighted by atomic mass is 10.2. The Balaban J connectivity index is 0.000000270. The lowest BCUT2D eigenvalue weighted by Gasteiger charge is -2.27. The van der Waals surface area contributed by atoms with Gasteiger partial charge in [0.1, 0.15) is 11.9 Å². The lowest BCUT2D eigenvalue weighted by Crippen LogP contribution is -2.50. The first kappa shape index (κ1) is 16.8. The molecule has 0 radical (unpaired) electrons. The van der Waals surface area contributed by atoms with Crippen LogP contribution in [0.2, 0.25) is 0 Å². The summed E-state index contributed by atoms with van der Waals surface area (Å²) in [6, 6.07) is 6.87.